The lowest BCUT2D eigenvalue weighted by Gasteiger charge is -2.31. The summed E-state index contributed by atoms with van der Waals surface area (Å²) >= 11 is 0. The van der Waals surface area contributed by atoms with E-state index < -0.39 is 11.5 Å². The molecule has 0 aromatic rings. The summed E-state index contributed by atoms with van der Waals surface area (Å²) in [7, 11) is 1.51. The lowest BCUT2D eigenvalue weighted by molar-refractivity contribution is -0.155. The quantitative estimate of drug-likeness (QED) is 0.736. The van der Waals surface area contributed by atoms with Gasteiger partial charge < -0.3 is 14.7 Å². The molecule has 19 heavy (non-hydrogen) atoms. The van der Waals surface area contributed by atoms with Crippen molar-refractivity contribution >= 4 is 11.9 Å². The van der Waals surface area contributed by atoms with Crippen molar-refractivity contribution in [1.29, 1.82) is 0 Å². The zero-order valence-electron chi connectivity index (χ0n) is 12.9. The van der Waals surface area contributed by atoms with Crippen molar-refractivity contribution in [3.05, 3.63) is 0 Å². The van der Waals surface area contributed by atoms with E-state index in [1.54, 1.807) is 0 Å². The molecule has 0 radical (unpaired) electrons. The van der Waals surface area contributed by atoms with Crippen LogP contribution in [0.5, 0.6) is 0 Å². The van der Waals surface area contributed by atoms with Crippen molar-refractivity contribution in [1.82, 2.24) is 4.90 Å². The fourth-order valence-corrected chi connectivity index (χ4v) is 1.70. The first-order chi connectivity index (χ1) is 8.59. The van der Waals surface area contributed by atoms with Crippen molar-refractivity contribution in [2.24, 2.45) is 5.92 Å². The van der Waals surface area contributed by atoms with Gasteiger partial charge in [-0.3, -0.25) is 4.79 Å². The van der Waals surface area contributed by atoms with Crippen LogP contribution in [0.1, 0.15) is 47.5 Å². The largest absolute Gasteiger partial charge is 0.480 e. The number of carbonyl (C=O) groups is 2. The maximum absolute atomic E-state index is 11.9. The molecule has 5 nitrogen and oxygen atoms in total. The van der Waals surface area contributed by atoms with E-state index in [0.29, 0.717) is 12.5 Å². The molecule has 0 aromatic carbocycles. The van der Waals surface area contributed by atoms with Crippen LogP contribution < -0.4 is 0 Å². The highest BCUT2D eigenvalue weighted by Crippen LogP contribution is 2.14. The Balaban J connectivity index is 4.15. The van der Waals surface area contributed by atoms with Gasteiger partial charge in [-0.05, 0) is 33.1 Å². The summed E-state index contributed by atoms with van der Waals surface area (Å²) in [4.78, 5) is 24.2. The zero-order valence-corrected chi connectivity index (χ0v) is 12.9. The number of carboxylic acid groups (broad SMARTS) is 1. The summed E-state index contributed by atoms with van der Waals surface area (Å²) in [5.74, 6) is -0.680. The van der Waals surface area contributed by atoms with E-state index in [-0.39, 0.29) is 18.4 Å². The van der Waals surface area contributed by atoms with Gasteiger partial charge in [0, 0.05) is 7.05 Å². The second-order valence-corrected chi connectivity index (χ2v) is 5.88. The number of amides is 1. The molecule has 5 heteroatoms. The van der Waals surface area contributed by atoms with Gasteiger partial charge in [-0.25, -0.2) is 4.79 Å². The molecule has 112 valence electrons. The van der Waals surface area contributed by atoms with Gasteiger partial charge in [-0.15, -0.1) is 0 Å². The number of rotatable bonds is 8. The summed E-state index contributed by atoms with van der Waals surface area (Å²) < 4.78 is 5.55. The summed E-state index contributed by atoms with van der Waals surface area (Å²) in [6.45, 7) is 9.56. The molecule has 0 fully saturated rings. The lowest BCUT2D eigenvalue weighted by atomic mass is 10.0. The van der Waals surface area contributed by atoms with Crippen LogP contribution in [0.15, 0.2) is 0 Å². The van der Waals surface area contributed by atoms with Crippen LogP contribution in [0, 0.1) is 5.92 Å². The molecule has 0 spiro atoms. The molecule has 1 N–H and O–H groups in total. The zero-order chi connectivity index (χ0) is 15.2. The van der Waals surface area contributed by atoms with Crippen molar-refractivity contribution in [3.63, 3.8) is 0 Å². The Labute approximate surface area is 115 Å². The first kappa shape index (κ1) is 17.9. The van der Waals surface area contributed by atoms with E-state index in [1.165, 1.54) is 25.8 Å². The van der Waals surface area contributed by atoms with Crippen LogP contribution in [0.4, 0.5) is 0 Å². The number of nitrogens with zero attached hydrogens (tertiary/aromatic N) is 1. The van der Waals surface area contributed by atoms with Crippen molar-refractivity contribution < 1.29 is 19.4 Å². The lowest BCUT2D eigenvalue weighted by Crippen LogP contribution is -2.51. The van der Waals surface area contributed by atoms with Gasteiger partial charge in [0.2, 0.25) is 5.91 Å². The maximum atomic E-state index is 11.9. The minimum absolute atomic E-state index is 0.116. The Morgan fingerprint density at radius 3 is 2.21 bits per heavy atom. The Bertz CT molecular complexity index is 313. The van der Waals surface area contributed by atoms with E-state index in [2.05, 4.69) is 13.8 Å². The molecule has 1 unspecified atom stereocenters. The first-order valence-corrected chi connectivity index (χ1v) is 6.70. The van der Waals surface area contributed by atoms with E-state index in [4.69, 9.17) is 9.84 Å². The van der Waals surface area contributed by atoms with Crippen LogP contribution in [0.25, 0.3) is 0 Å². The minimum atomic E-state index is -1.19. The van der Waals surface area contributed by atoms with Gasteiger partial charge >= 0.3 is 5.97 Å². The molecule has 0 saturated carbocycles. The topological polar surface area (TPSA) is 66.8 Å². The van der Waals surface area contributed by atoms with E-state index >= 15 is 0 Å². The molecule has 0 aliphatic rings. The average molecular weight is 273 g/mol. The molecule has 0 bridgehead atoms. The SMILES string of the molecule is CC(C)CC(C)OCCC(=O)N(C)C(C)(C)C(=O)O. The van der Waals surface area contributed by atoms with Crippen molar-refractivity contribution in [3.8, 4) is 0 Å². The number of aliphatic carboxylic acids is 1. The molecule has 0 aliphatic carbocycles. The van der Waals surface area contributed by atoms with E-state index in [1.807, 2.05) is 6.92 Å². The molecule has 0 saturated heterocycles. The van der Waals surface area contributed by atoms with E-state index in [0.717, 1.165) is 6.42 Å². The Kier molecular flexibility index (Phi) is 7.05. The summed E-state index contributed by atoms with van der Waals surface area (Å²) in [5.41, 5.74) is -1.19. The predicted octanol–water partition coefficient (Wildman–Crippen LogP) is 2.15. The van der Waals surface area contributed by atoms with Gasteiger partial charge in [0.05, 0.1) is 19.1 Å². The average Bonchev–Trinajstić information content (AvgIpc) is 2.26. The summed E-state index contributed by atoms with van der Waals surface area (Å²) in [6, 6.07) is 0. The highest BCUT2D eigenvalue weighted by molar-refractivity contribution is 5.86. The standard InChI is InChI=1S/C14H27NO4/c1-10(2)9-11(3)19-8-7-12(16)15(6)14(4,5)13(17)18/h10-11H,7-9H2,1-6H3,(H,17,18). The summed E-state index contributed by atoms with van der Waals surface area (Å²) in [5, 5.41) is 9.05. The van der Waals surface area contributed by atoms with Crippen molar-refractivity contribution in [2.45, 2.75) is 59.1 Å². The van der Waals surface area contributed by atoms with Gasteiger partial charge in [0.25, 0.3) is 0 Å². The number of hydrogen-bond donors (Lipinski definition) is 1. The fourth-order valence-electron chi connectivity index (χ4n) is 1.70. The van der Waals surface area contributed by atoms with Gasteiger partial charge in [0.15, 0.2) is 0 Å². The van der Waals surface area contributed by atoms with Crippen LogP contribution in [-0.2, 0) is 14.3 Å². The second kappa shape index (κ2) is 7.48. The molecule has 0 heterocycles. The summed E-state index contributed by atoms with van der Waals surface area (Å²) in [6.07, 6.45) is 1.27. The maximum Gasteiger partial charge on any atom is 0.329 e. The molecule has 1 amide bonds. The number of hydrogen-bond acceptors (Lipinski definition) is 3. The molecule has 0 aliphatic heterocycles. The number of likely N-dealkylation sites (N-methyl/N-ethyl adjacent to an activating group) is 1. The van der Waals surface area contributed by atoms with E-state index in [9.17, 15) is 9.59 Å². The number of carbonyl (C=O) groups excluding carboxylic acids is 1. The predicted molar refractivity (Wildman–Crippen MR) is 74.0 cm³/mol. The molecular weight excluding hydrogens is 246 g/mol. The Hall–Kier alpha value is -1.10. The second-order valence-electron chi connectivity index (χ2n) is 5.88. The van der Waals surface area contributed by atoms with Crippen LogP contribution in [0.2, 0.25) is 0 Å². The highest BCUT2D eigenvalue weighted by atomic mass is 16.5. The molecule has 0 aromatic heterocycles. The van der Waals surface area contributed by atoms with Crippen LogP contribution >= 0.6 is 0 Å². The Morgan fingerprint density at radius 2 is 1.79 bits per heavy atom. The fraction of sp³-hybridized carbons (Fsp3) is 0.857. The first-order valence-electron chi connectivity index (χ1n) is 6.70. The van der Waals surface area contributed by atoms with Crippen LogP contribution in [-0.4, -0.2) is 47.2 Å². The third-order valence-corrected chi connectivity index (χ3v) is 3.26. The molecule has 1 atom stereocenters. The molecule has 0 rings (SSSR count). The smallest absolute Gasteiger partial charge is 0.329 e. The van der Waals surface area contributed by atoms with Gasteiger partial charge in [-0.2, -0.15) is 0 Å². The third kappa shape index (κ3) is 6.05. The number of carboxylic acids is 1. The minimum Gasteiger partial charge on any atom is -0.480 e. The van der Waals surface area contributed by atoms with Crippen molar-refractivity contribution in [2.75, 3.05) is 13.7 Å². The normalized spacial score (nSPS) is 13.4. The highest BCUT2D eigenvalue weighted by Gasteiger charge is 2.34. The monoisotopic (exact) mass is 273 g/mol. The molecular formula is C14H27NO4. The Morgan fingerprint density at radius 1 is 1.26 bits per heavy atom. The van der Waals surface area contributed by atoms with Gasteiger partial charge in [-0.1, -0.05) is 13.8 Å². The number of ether oxygens (including phenoxy) is 1. The third-order valence-electron chi connectivity index (χ3n) is 3.26. The van der Waals surface area contributed by atoms with Crippen LogP contribution in [0.3, 0.4) is 0 Å². The van der Waals surface area contributed by atoms with Gasteiger partial charge in [0.1, 0.15) is 5.54 Å².